The van der Waals surface area contributed by atoms with E-state index in [9.17, 15) is 4.79 Å². The second kappa shape index (κ2) is 3.82. The number of hydrogen-bond acceptors (Lipinski definition) is 3. The number of amides is 1. The molecule has 0 unspecified atom stereocenters. The van der Waals surface area contributed by atoms with E-state index in [2.05, 4.69) is 4.98 Å². The predicted octanol–water partition coefficient (Wildman–Crippen LogP) is 0.327. The molecule has 0 spiro atoms. The third-order valence-corrected chi connectivity index (χ3v) is 1.40. The summed E-state index contributed by atoms with van der Waals surface area (Å²) in [6.07, 6.45) is 1.44. The third kappa shape index (κ3) is 2.03. The summed E-state index contributed by atoms with van der Waals surface area (Å²) in [7, 11) is 1.59. The summed E-state index contributed by atoms with van der Waals surface area (Å²) >= 11 is 0. The topological polar surface area (TPSA) is 65.2 Å². The van der Waals surface area contributed by atoms with Crippen LogP contribution in [0.1, 0.15) is 16.1 Å². The van der Waals surface area contributed by atoms with Gasteiger partial charge >= 0.3 is 0 Å². The maximum absolute atomic E-state index is 10.6. The molecule has 0 radical (unpaired) electrons. The summed E-state index contributed by atoms with van der Waals surface area (Å²) in [5, 5.41) is 0. The number of rotatable bonds is 3. The molecule has 4 heteroatoms. The van der Waals surface area contributed by atoms with Crippen molar-refractivity contribution in [3.8, 4) is 0 Å². The molecule has 0 bridgehead atoms. The summed E-state index contributed by atoms with van der Waals surface area (Å²) in [6, 6.07) is 3.34. The molecule has 0 aliphatic carbocycles. The van der Waals surface area contributed by atoms with Crippen LogP contribution in [-0.4, -0.2) is 18.0 Å². The second-order valence-corrected chi connectivity index (χ2v) is 2.34. The van der Waals surface area contributed by atoms with Gasteiger partial charge in [-0.2, -0.15) is 0 Å². The van der Waals surface area contributed by atoms with E-state index in [1.807, 2.05) is 0 Å². The first kappa shape index (κ1) is 8.67. The fourth-order valence-electron chi connectivity index (χ4n) is 0.804. The van der Waals surface area contributed by atoms with Crippen molar-refractivity contribution < 1.29 is 9.53 Å². The van der Waals surface area contributed by atoms with Gasteiger partial charge in [-0.3, -0.25) is 9.78 Å². The van der Waals surface area contributed by atoms with Crippen LogP contribution in [0.2, 0.25) is 0 Å². The van der Waals surface area contributed by atoms with Crippen LogP contribution in [0.15, 0.2) is 18.3 Å². The molecule has 0 aromatic carbocycles. The lowest BCUT2D eigenvalue weighted by Crippen LogP contribution is -2.11. The summed E-state index contributed by atoms with van der Waals surface area (Å²) < 4.78 is 4.85. The summed E-state index contributed by atoms with van der Waals surface area (Å²) in [6.45, 7) is 0.443. The Balaban J connectivity index is 2.78. The molecule has 1 heterocycles. The highest BCUT2D eigenvalue weighted by atomic mass is 16.5. The molecule has 0 saturated heterocycles. The van der Waals surface area contributed by atoms with Crippen LogP contribution in [0.25, 0.3) is 0 Å². The maximum atomic E-state index is 10.6. The highest BCUT2D eigenvalue weighted by Gasteiger charge is 1.99. The molecule has 0 aliphatic heterocycles. The molecular formula is C8H10N2O2. The van der Waals surface area contributed by atoms with Gasteiger partial charge in [-0.25, -0.2) is 0 Å². The first-order valence-corrected chi connectivity index (χ1v) is 3.47. The van der Waals surface area contributed by atoms with E-state index < -0.39 is 5.91 Å². The van der Waals surface area contributed by atoms with Gasteiger partial charge in [-0.15, -0.1) is 0 Å². The number of primary amides is 1. The van der Waals surface area contributed by atoms with Crippen molar-refractivity contribution in [1.82, 2.24) is 4.98 Å². The molecule has 2 N–H and O–H groups in total. The smallest absolute Gasteiger partial charge is 0.250 e. The zero-order chi connectivity index (χ0) is 8.97. The molecule has 1 rings (SSSR count). The normalized spacial score (nSPS) is 9.75. The number of carbonyl (C=O) groups is 1. The van der Waals surface area contributed by atoms with E-state index in [1.54, 1.807) is 19.2 Å². The Morgan fingerprint density at radius 2 is 2.42 bits per heavy atom. The van der Waals surface area contributed by atoms with E-state index in [-0.39, 0.29) is 0 Å². The van der Waals surface area contributed by atoms with Crippen molar-refractivity contribution in [2.75, 3.05) is 7.11 Å². The Bertz CT molecular complexity index is 269. The monoisotopic (exact) mass is 166 g/mol. The Morgan fingerprint density at radius 3 is 2.83 bits per heavy atom. The summed E-state index contributed by atoms with van der Waals surface area (Å²) in [4.78, 5) is 14.6. The minimum atomic E-state index is -0.466. The van der Waals surface area contributed by atoms with E-state index in [0.29, 0.717) is 12.2 Å². The van der Waals surface area contributed by atoms with Crippen molar-refractivity contribution in [3.63, 3.8) is 0 Å². The van der Waals surface area contributed by atoms with Gasteiger partial charge in [0.1, 0.15) is 0 Å². The lowest BCUT2D eigenvalue weighted by molar-refractivity contribution is 0.1000. The number of aromatic nitrogens is 1. The number of nitrogens with two attached hydrogens (primary N) is 1. The Hall–Kier alpha value is -1.42. The van der Waals surface area contributed by atoms with Crippen molar-refractivity contribution in [2.24, 2.45) is 5.73 Å². The van der Waals surface area contributed by atoms with Crippen molar-refractivity contribution >= 4 is 5.91 Å². The highest BCUT2D eigenvalue weighted by Crippen LogP contribution is 1.99. The summed E-state index contributed by atoms with van der Waals surface area (Å²) in [5.74, 6) is -0.466. The van der Waals surface area contributed by atoms with Gasteiger partial charge in [0, 0.05) is 13.3 Å². The van der Waals surface area contributed by atoms with Crippen LogP contribution in [0.4, 0.5) is 0 Å². The standard InChI is InChI=1S/C8H10N2O2/c1-12-5-7-3-2-6(4-10-7)8(9)11/h2-4H,5H2,1H3,(H2,9,11). The fourth-order valence-corrected chi connectivity index (χ4v) is 0.804. The molecule has 0 atom stereocenters. The SMILES string of the molecule is COCc1ccc(C(N)=O)cn1. The molecule has 1 aromatic rings. The lowest BCUT2D eigenvalue weighted by atomic mass is 10.2. The molecule has 0 aliphatic rings. The predicted molar refractivity (Wildman–Crippen MR) is 43.5 cm³/mol. The number of methoxy groups -OCH3 is 1. The van der Waals surface area contributed by atoms with Gasteiger partial charge in [0.25, 0.3) is 0 Å². The van der Waals surface area contributed by atoms with E-state index in [0.717, 1.165) is 5.69 Å². The fraction of sp³-hybridized carbons (Fsp3) is 0.250. The van der Waals surface area contributed by atoms with E-state index in [4.69, 9.17) is 10.5 Å². The minimum absolute atomic E-state index is 0.412. The van der Waals surface area contributed by atoms with Crippen LogP contribution in [0.3, 0.4) is 0 Å². The first-order chi connectivity index (χ1) is 5.74. The van der Waals surface area contributed by atoms with E-state index >= 15 is 0 Å². The molecule has 0 saturated carbocycles. The largest absolute Gasteiger partial charge is 0.378 e. The van der Waals surface area contributed by atoms with Crippen LogP contribution in [0, 0.1) is 0 Å². The average Bonchev–Trinajstić information content (AvgIpc) is 2.06. The van der Waals surface area contributed by atoms with Crippen molar-refractivity contribution in [1.29, 1.82) is 0 Å². The van der Waals surface area contributed by atoms with E-state index in [1.165, 1.54) is 6.20 Å². The Kier molecular flexibility index (Phi) is 2.76. The van der Waals surface area contributed by atoms with Gasteiger partial charge in [0.15, 0.2) is 0 Å². The molecule has 12 heavy (non-hydrogen) atoms. The van der Waals surface area contributed by atoms with Crippen LogP contribution < -0.4 is 5.73 Å². The van der Waals surface area contributed by atoms with Crippen LogP contribution >= 0.6 is 0 Å². The van der Waals surface area contributed by atoms with Gasteiger partial charge in [-0.05, 0) is 12.1 Å². The molecule has 0 fully saturated rings. The summed E-state index contributed by atoms with van der Waals surface area (Å²) in [5.41, 5.74) is 6.22. The third-order valence-electron chi connectivity index (χ3n) is 1.40. The number of ether oxygens (including phenoxy) is 1. The average molecular weight is 166 g/mol. The molecule has 1 amide bonds. The van der Waals surface area contributed by atoms with Crippen molar-refractivity contribution in [3.05, 3.63) is 29.6 Å². The molecule has 64 valence electrons. The van der Waals surface area contributed by atoms with Crippen LogP contribution in [0.5, 0.6) is 0 Å². The van der Waals surface area contributed by atoms with Gasteiger partial charge in [-0.1, -0.05) is 0 Å². The zero-order valence-corrected chi connectivity index (χ0v) is 6.78. The first-order valence-electron chi connectivity index (χ1n) is 3.47. The number of carbonyl (C=O) groups excluding carboxylic acids is 1. The zero-order valence-electron chi connectivity index (χ0n) is 6.78. The number of nitrogens with zero attached hydrogens (tertiary/aromatic N) is 1. The lowest BCUT2D eigenvalue weighted by Gasteiger charge is -1.98. The maximum Gasteiger partial charge on any atom is 0.250 e. The van der Waals surface area contributed by atoms with Crippen molar-refractivity contribution in [2.45, 2.75) is 6.61 Å². The number of hydrogen-bond donors (Lipinski definition) is 1. The molecule has 4 nitrogen and oxygen atoms in total. The van der Waals surface area contributed by atoms with Crippen LogP contribution in [-0.2, 0) is 11.3 Å². The molecular weight excluding hydrogens is 156 g/mol. The minimum Gasteiger partial charge on any atom is -0.378 e. The number of pyridine rings is 1. The second-order valence-electron chi connectivity index (χ2n) is 2.34. The Morgan fingerprint density at radius 1 is 1.67 bits per heavy atom. The Labute approximate surface area is 70.4 Å². The molecule has 1 aromatic heterocycles. The quantitative estimate of drug-likeness (QED) is 0.703. The highest BCUT2D eigenvalue weighted by molar-refractivity contribution is 5.92. The van der Waals surface area contributed by atoms with Gasteiger partial charge in [0.05, 0.1) is 17.9 Å². The van der Waals surface area contributed by atoms with Gasteiger partial charge in [0.2, 0.25) is 5.91 Å². The van der Waals surface area contributed by atoms with Gasteiger partial charge < -0.3 is 10.5 Å².